The van der Waals surface area contributed by atoms with Crippen LogP contribution in [0.4, 0.5) is 0 Å². The first-order valence-electron chi connectivity index (χ1n) is 5.21. The van der Waals surface area contributed by atoms with Crippen LogP contribution in [0, 0.1) is 0 Å². The number of rotatable bonds is 4. The summed E-state index contributed by atoms with van der Waals surface area (Å²) in [7, 11) is 0. The second-order valence-electron chi connectivity index (χ2n) is 3.56. The summed E-state index contributed by atoms with van der Waals surface area (Å²) in [5.41, 5.74) is 5.14. The minimum atomic E-state index is -1.05. The van der Waals surface area contributed by atoms with E-state index in [0.717, 1.165) is 0 Å². The average Bonchev–Trinajstić information content (AvgIpc) is 2.39. The number of carbonyl (C=O) groups excluding carboxylic acids is 1. The number of carbonyl (C=O) groups is 2. The maximum Gasteiger partial charge on any atom is 0.335 e. The Hall–Kier alpha value is -2.96. The lowest BCUT2D eigenvalue weighted by Crippen LogP contribution is -2.13. The van der Waals surface area contributed by atoms with E-state index in [1.807, 2.05) is 0 Å². The van der Waals surface area contributed by atoms with Gasteiger partial charge in [-0.25, -0.2) is 4.79 Å². The second-order valence-corrected chi connectivity index (χ2v) is 3.56. The third kappa shape index (κ3) is 3.03. The molecule has 0 aliphatic heterocycles. The summed E-state index contributed by atoms with van der Waals surface area (Å²) in [5.74, 6) is -1.30. The van der Waals surface area contributed by atoms with E-state index >= 15 is 0 Å². The Morgan fingerprint density at radius 1 is 1.16 bits per heavy atom. The highest BCUT2D eigenvalue weighted by Gasteiger charge is 2.07. The first kappa shape index (κ1) is 12.5. The summed E-state index contributed by atoms with van der Waals surface area (Å²) >= 11 is 0. The fraction of sp³-hybridized carbons (Fsp3) is 0. The van der Waals surface area contributed by atoms with Gasteiger partial charge in [-0.1, -0.05) is 6.07 Å². The number of hydrogen-bond acceptors (Lipinski definition) is 5. The van der Waals surface area contributed by atoms with Crippen LogP contribution in [0.2, 0.25) is 0 Å². The predicted molar refractivity (Wildman–Crippen MR) is 64.0 cm³/mol. The number of amides is 1. The van der Waals surface area contributed by atoms with E-state index in [0.29, 0.717) is 5.75 Å². The van der Waals surface area contributed by atoms with Crippen LogP contribution < -0.4 is 10.5 Å². The third-order valence-electron chi connectivity index (χ3n) is 2.20. The molecule has 0 atom stereocenters. The van der Waals surface area contributed by atoms with Gasteiger partial charge in [0, 0.05) is 6.07 Å². The topological polar surface area (TPSA) is 115 Å². The largest absolute Gasteiger partial charge is 0.478 e. The normalized spacial score (nSPS) is 9.89. The molecule has 0 aliphatic rings. The van der Waals surface area contributed by atoms with E-state index in [4.69, 9.17) is 15.6 Å². The number of aromatic nitrogens is 2. The van der Waals surface area contributed by atoms with E-state index in [-0.39, 0.29) is 17.1 Å². The van der Waals surface area contributed by atoms with Crippen LogP contribution in [0.1, 0.15) is 20.8 Å². The average molecular weight is 259 g/mol. The smallest absolute Gasteiger partial charge is 0.335 e. The molecule has 0 unspecified atom stereocenters. The van der Waals surface area contributed by atoms with Crippen molar-refractivity contribution in [3.8, 4) is 11.6 Å². The van der Waals surface area contributed by atoms with Crippen molar-refractivity contribution >= 4 is 11.9 Å². The first-order valence-corrected chi connectivity index (χ1v) is 5.21. The van der Waals surface area contributed by atoms with Gasteiger partial charge in [-0.3, -0.25) is 4.79 Å². The Bertz CT molecular complexity index is 625. The van der Waals surface area contributed by atoms with Crippen LogP contribution in [0.3, 0.4) is 0 Å². The summed E-state index contributed by atoms with van der Waals surface area (Å²) in [6.45, 7) is 0. The highest BCUT2D eigenvalue weighted by molar-refractivity contribution is 5.90. The zero-order valence-corrected chi connectivity index (χ0v) is 9.61. The van der Waals surface area contributed by atoms with Crippen LogP contribution in [0.5, 0.6) is 11.6 Å². The molecule has 1 heterocycles. The molecule has 0 radical (unpaired) electrons. The Morgan fingerprint density at radius 3 is 2.53 bits per heavy atom. The molecule has 0 fully saturated rings. The standard InChI is InChI=1S/C12H9N3O4/c13-11(16)9-4-5-10(15-14-9)19-8-3-1-2-7(6-8)12(17)18/h1-6H,(H2,13,16)(H,17,18). The molecular formula is C12H9N3O4. The van der Waals surface area contributed by atoms with Crippen molar-refractivity contribution in [1.29, 1.82) is 0 Å². The Kier molecular flexibility index (Phi) is 3.37. The minimum absolute atomic E-state index is 0.0200. The van der Waals surface area contributed by atoms with Crippen LogP contribution in [-0.4, -0.2) is 27.2 Å². The zero-order chi connectivity index (χ0) is 13.8. The van der Waals surface area contributed by atoms with Crippen LogP contribution in [-0.2, 0) is 0 Å². The van der Waals surface area contributed by atoms with E-state index in [2.05, 4.69) is 10.2 Å². The molecule has 3 N–H and O–H groups in total. The highest BCUT2D eigenvalue weighted by atomic mass is 16.5. The summed E-state index contributed by atoms with van der Waals surface area (Å²) in [5, 5.41) is 16.1. The molecule has 0 bridgehead atoms. The Balaban J connectivity index is 2.19. The summed E-state index contributed by atoms with van der Waals surface area (Å²) in [6, 6.07) is 8.70. The lowest BCUT2D eigenvalue weighted by molar-refractivity contribution is 0.0696. The fourth-order valence-electron chi connectivity index (χ4n) is 1.32. The number of aromatic carboxylic acids is 1. The lowest BCUT2D eigenvalue weighted by atomic mass is 10.2. The van der Waals surface area contributed by atoms with E-state index in [9.17, 15) is 9.59 Å². The van der Waals surface area contributed by atoms with E-state index in [1.165, 1.54) is 24.3 Å². The maximum atomic E-state index is 10.8. The van der Waals surface area contributed by atoms with Gasteiger partial charge in [0.15, 0.2) is 5.69 Å². The quantitative estimate of drug-likeness (QED) is 0.848. The Morgan fingerprint density at radius 2 is 1.95 bits per heavy atom. The molecule has 2 rings (SSSR count). The van der Waals surface area contributed by atoms with Crippen molar-refractivity contribution in [2.45, 2.75) is 0 Å². The molecule has 96 valence electrons. The molecular weight excluding hydrogens is 250 g/mol. The first-order chi connectivity index (χ1) is 9.06. The molecule has 0 spiro atoms. The van der Waals surface area contributed by atoms with Gasteiger partial charge in [-0.15, -0.1) is 10.2 Å². The van der Waals surface area contributed by atoms with Gasteiger partial charge in [0.05, 0.1) is 5.56 Å². The van der Waals surface area contributed by atoms with E-state index < -0.39 is 11.9 Å². The van der Waals surface area contributed by atoms with Crippen LogP contribution in [0.25, 0.3) is 0 Å². The summed E-state index contributed by atoms with van der Waals surface area (Å²) < 4.78 is 5.31. The van der Waals surface area contributed by atoms with Gasteiger partial charge < -0.3 is 15.6 Å². The van der Waals surface area contributed by atoms with Crippen LogP contribution in [0.15, 0.2) is 36.4 Å². The van der Waals surface area contributed by atoms with Crippen molar-refractivity contribution in [2.24, 2.45) is 5.73 Å². The number of nitrogens with zero attached hydrogens (tertiary/aromatic N) is 2. The van der Waals surface area contributed by atoms with Gasteiger partial charge in [0.25, 0.3) is 5.91 Å². The van der Waals surface area contributed by atoms with Gasteiger partial charge in [0.2, 0.25) is 5.88 Å². The molecule has 7 heteroatoms. The molecule has 19 heavy (non-hydrogen) atoms. The van der Waals surface area contributed by atoms with Crippen molar-refractivity contribution in [1.82, 2.24) is 10.2 Å². The molecule has 7 nitrogen and oxygen atoms in total. The number of carboxylic acid groups (broad SMARTS) is 1. The number of primary amides is 1. The highest BCUT2D eigenvalue weighted by Crippen LogP contribution is 2.19. The second kappa shape index (κ2) is 5.13. The molecule has 2 aromatic rings. The van der Waals surface area contributed by atoms with Gasteiger partial charge >= 0.3 is 5.97 Å². The number of hydrogen-bond donors (Lipinski definition) is 2. The molecule has 0 saturated carbocycles. The fourth-order valence-corrected chi connectivity index (χ4v) is 1.32. The van der Waals surface area contributed by atoms with Crippen molar-refractivity contribution in [3.63, 3.8) is 0 Å². The monoisotopic (exact) mass is 259 g/mol. The number of carboxylic acids is 1. The van der Waals surface area contributed by atoms with Crippen molar-refractivity contribution in [2.75, 3.05) is 0 Å². The molecule has 1 aromatic heterocycles. The Labute approximate surface area is 107 Å². The molecule has 0 saturated heterocycles. The van der Waals surface area contributed by atoms with Gasteiger partial charge in [-0.05, 0) is 24.3 Å². The number of benzene rings is 1. The van der Waals surface area contributed by atoms with Crippen molar-refractivity contribution < 1.29 is 19.4 Å². The van der Waals surface area contributed by atoms with Crippen molar-refractivity contribution in [3.05, 3.63) is 47.7 Å². The van der Waals surface area contributed by atoms with E-state index in [1.54, 1.807) is 12.1 Å². The molecule has 1 amide bonds. The lowest BCUT2D eigenvalue weighted by Gasteiger charge is -2.04. The summed E-state index contributed by atoms with van der Waals surface area (Å²) in [4.78, 5) is 21.6. The number of nitrogens with two attached hydrogens (primary N) is 1. The minimum Gasteiger partial charge on any atom is -0.478 e. The van der Waals surface area contributed by atoms with Gasteiger partial charge in [-0.2, -0.15) is 0 Å². The summed E-state index contributed by atoms with van der Waals surface area (Å²) in [6.07, 6.45) is 0. The molecule has 0 aliphatic carbocycles. The third-order valence-corrected chi connectivity index (χ3v) is 2.20. The van der Waals surface area contributed by atoms with Gasteiger partial charge in [0.1, 0.15) is 5.75 Å². The van der Waals surface area contributed by atoms with Crippen LogP contribution >= 0.6 is 0 Å². The predicted octanol–water partition coefficient (Wildman–Crippen LogP) is 1.07. The SMILES string of the molecule is NC(=O)c1ccc(Oc2cccc(C(=O)O)c2)nn1. The number of ether oxygens (including phenoxy) is 1. The maximum absolute atomic E-state index is 10.8. The zero-order valence-electron chi connectivity index (χ0n) is 9.61. The molecule has 1 aromatic carbocycles.